The third kappa shape index (κ3) is 3.05. The van der Waals surface area contributed by atoms with Gasteiger partial charge in [-0.15, -0.1) is 0 Å². The molecular weight excluding hydrogens is 256 g/mol. The van der Waals surface area contributed by atoms with Crippen molar-refractivity contribution in [1.29, 1.82) is 0 Å². The monoisotopic (exact) mass is 275 g/mol. The minimum Gasteiger partial charge on any atom is -0.321 e. The van der Waals surface area contributed by atoms with Gasteiger partial charge in [-0.05, 0) is 67.6 Å². The highest BCUT2D eigenvalue weighted by Gasteiger charge is 2.23. The van der Waals surface area contributed by atoms with E-state index < -0.39 is 5.54 Å². The van der Waals surface area contributed by atoms with Crippen LogP contribution in [0.15, 0.2) is 36.4 Å². The highest BCUT2D eigenvalue weighted by Crippen LogP contribution is 2.26. The maximum Gasteiger partial charge on any atom is 0.126 e. The molecule has 0 aliphatic rings. The molecule has 0 heterocycles. The first-order valence-corrected chi connectivity index (χ1v) is 6.60. The number of benzene rings is 2. The van der Waals surface area contributed by atoms with Gasteiger partial charge in [0.2, 0.25) is 0 Å². The highest BCUT2D eigenvalue weighted by molar-refractivity contribution is 5.33. The number of aryl methyl sites for hydroxylation is 2. The molecule has 2 rings (SSSR count). The van der Waals surface area contributed by atoms with Crippen molar-refractivity contribution < 1.29 is 8.78 Å². The SMILES string of the molecule is Cc1ccc(C(C)(N)Cc2ccc(F)cc2C)cc1F. The summed E-state index contributed by atoms with van der Waals surface area (Å²) in [6.45, 7) is 5.43. The summed E-state index contributed by atoms with van der Waals surface area (Å²) >= 11 is 0. The molecule has 0 fully saturated rings. The third-order valence-corrected chi connectivity index (χ3v) is 3.69. The van der Waals surface area contributed by atoms with Crippen LogP contribution in [-0.2, 0) is 12.0 Å². The van der Waals surface area contributed by atoms with Crippen LogP contribution in [0.5, 0.6) is 0 Å². The van der Waals surface area contributed by atoms with Gasteiger partial charge in [0, 0.05) is 5.54 Å². The van der Waals surface area contributed by atoms with E-state index in [2.05, 4.69) is 0 Å². The lowest BCUT2D eigenvalue weighted by Gasteiger charge is -2.26. The predicted octanol–water partition coefficient (Wildman–Crippen LogP) is 4.00. The number of rotatable bonds is 3. The summed E-state index contributed by atoms with van der Waals surface area (Å²) < 4.78 is 26.8. The van der Waals surface area contributed by atoms with Crippen molar-refractivity contribution in [2.45, 2.75) is 32.7 Å². The lowest BCUT2D eigenvalue weighted by Crippen LogP contribution is -2.35. The zero-order chi connectivity index (χ0) is 14.9. The first-order valence-electron chi connectivity index (χ1n) is 6.60. The maximum absolute atomic E-state index is 13.7. The van der Waals surface area contributed by atoms with Crippen molar-refractivity contribution in [3.63, 3.8) is 0 Å². The molecule has 0 aromatic heterocycles. The molecular formula is C17H19F2N. The lowest BCUT2D eigenvalue weighted by atomic mass is 9.85. The fourth-order valence-corrected chi connectivity index (χ4v) is 2.30. The smallest absolute Gasteiger partial charge is 0.126 e. The van der Waals surface area contributed by atoms with E-state index in [1.807, 2.05) is 19.9 Å². The first kappa shape index (κ1) is 14.7. The Balaban J connectivity index is 2.32. The molecule has 1 atom stereocenters. The summed E-state index contributed by atoms with van der Waals surface area (Å²) in [6, 6.07) is 9.70. The van der Waals surface area contributed by atoms with Crippen LogP contribution in [-0.4, -0.2) is 0 Å². The molecule has 0 saturated heterocycles. The molecule has 1 unspecified atom stereocenters. The number of nitrogens with two attached hydrogens (primary N) is 1. The summed E-state index contributed by atoms with van der Waals surface area (Å²) in [5, 5.41) is 0. The van der Waals surface area contributed by atoms with Crippen molar-refractivity contribution in [3.05, 3.63) is 70.3 Å². The van der Waals surface area contributed by atoms with Gasteiger partial charge in [-0.1, -0.05) is 18.2 Å². The van der Waals surface area contributed by atoms with Crippen LogP contribution in [0, 0.1) is 25.5 Å². The van der Waals surface area contributed by atoms with Crippen LogP contribution in [0.3, 0.4) is 0 Å². The average molecular weight is 275 g/mol. The molecule has 0 saturated carbocycles. The molecule has 3 heteroatoms. The van der Waals surface area contributed by atoms with Gasteiger partial charge >= 0.3 is 0 Å². The molecule has 2 N–H and O–H groups in total. The van der Waals surface area contributed by atoms with Crippen molar-refractivity contribution in [3.8, 4) is 0 Å². The van der Waals surface area contributed by atoms with Gasteiger partial charge in [0.05, 0.1) is 0 Å². The Hall–Kier alpha value is -1.74. The van der Waals surface area contributed by atoms with Crippen molar-refractivity contribution in [1.82, 2.24) is 0 Å². The van der Waals surface area contributed by atoms with E-state index in [-0.39, 0.29) is 11.6 Å². The lowest BCUT2D eigenvalue weighted by molar-refractivity contribution is 0.484. The molecule has 2 aromatic rings. The van der Waals surface area contributed by atoms with Gasteiger partial charge in [-0.25, -0.2) is 8.78 Å². The molecule has 0 bridgehead atoms. The van der Waals surface area contributed by atoms with Gasteiger partial charge in [0.25, 0.3) is 0 Å². The van der Waals surface area contributed by atoms with Crippen LogP contribution < -0.4 is 5.73 Å². The average Bonchev–Trinajstić information content (AvgIpc) is 2.36. The Labute approximate surface area is 118 Å². The minimum absolute atomic E-state index is 0.255. The normalized spacial score (nSPS) is 14.1. The molecule has 2 aromatic carbocycles. The van der Waals surface area contributed by atoms with E-state index in [0.29, 0.717) is 12.0 Å². The van der Waals surface area contributed by atoms with Crippen molar-refractivity contribution in [2.75, 3.05) is 0 Å². The summed E-state index contributed by atoms with van der Waals surface area (Å²) in [4.78, 5) is 0. The Morgan fingerprint density at radius 3 is 2.30 bits per heavy atom. The standard InChI is InChI=1S/C17H19F2N/c1-11-4-6-14(9-16(11)19)17(3,20)10-13-5-7-15(18)8-12(13)2/h4-9H,10,20H2,1-3H3. The molecule has 0 aliphatic heterocycles. The second-order valence-electron chi connectivity index (χ2n) is 5.63. The zero-order valence-corrected chi connectivity index (χ0v) is 12.0. The Morgan fingerprint density at radius 1 is 1.00 bits per heavy atom. The Bertz CT molecular complexity index is 633. The van der Waals surface area contributed by atoms with Crippen LogP contribution >= 0.6 is 0 Å². The zero-order valence-electron chi connectivity index (χ0n) is 12.0. The van der Waals surface area contributed by atoms with Crippen LogP contribution in [0.2, 0.25) is 0 Å². The second-order valence-corrected chi connectivity index (χ2v) is 5.63. The summed E-state index contributed by atoms with van der Waals surface area (Å²) in [7, 11) is 0. The summed E-state index contributed by atoms with van der Waals surface area (Å²) in [6.07, 6.45) is 0.529. The van der Waals surface area contributed by atoms with Gasteiger partial charge < -0.3 is 5.73 Å². The summed E-state index contributed by atoms with van der Waals surface area (Å²) in [5.41, 5.74) is 8.80. The van der Waals surface area contributed by atoms with E-state index in [0.717, 1.165) is 16.7 Å². The molecule has 106 valence electrons. The Kier molecular flexibility index (Phi) is 3.91. The number of halogens is 2. The first-order chi connectivity index (χ1) is 9.29. The quantitative estimate of drug-likeness (QED) is 0.900. The fourth-order valence-electron chi connectivity index (χ4n) is 2.30. The topological polar surface area (TPSA) is 26.0 Å². The van der Waals surface area contributed by atoms with E-state index in [4.69, 9.17) is 5.73 Å². The predicted molar refractivity (Wildman–Crippen MR) is 77.5 cm³/mol. The van der Waals surface area contributed by atoms with E-state index >= 15 is 0 Å². The fraction of sp³-hybridized carbons (Fsp3) is 0.294. The molecule has 0 aliphatic carbocycles. The molecule has 1 nitrogen and oxygen atoms in total. The molecule has 0 radical (unpaired) electrons. The van der Waals surface area contributed by atoms with Gasteiger partial charge in [-0.3, -0.25) is 0 Å². The van der Waals surface area contributed by atoms with E-state index in [9.17, 15) is 8.78 Å². The molecule has 0 amide bonds. The van der Waals surface area contributed by atoms with Gasteiger partial charge in [0.1, 0.15) is 11.6 Å². The van der Waals surface area contributed by atoms with Crippen LogP contribution in [0.25, 0.3) is 0 Å². The second kappa shape index (κ2) is 5.33. The molecule has 20 heavy (non-hydrogen) atoms. The minimum atomic E-state index is -0.697. The van der Waals surface area contributed by atoms with Crippen LogP contribution in [0.4, 0.5) is 8.78 Å². The third-order valence-electron chi connectivity index (χ3n) is 3.69. The van der Waals surface area contributed by atoms with Gasteiger partial charge in [-0.2, -0.15) is 0 Å². The van der Waals surface area contributed by atoms with Crippen molar-refractivity contribution in [2.24, 2.45) is 5.73 Å². The number of hydrogen-bond donors (Lipinski definition) is 1. The highest BCUT2D eigenvalue weighted by atomic mass is 19.1. The largest absolute Gasteiger partial charge is 0.321 e. The van der Waals surface area contributed by atoms with Crippen LogP contribution in [0.1, 0.15) is 29.2 Å². The van der Waals surface area contributed by atoms with Gasteiger partial charge in [0.15, 0.2) is 0 Å². The maximum atomic E-state index is 13.7. The Morgan fingerprint density at radius 2 is 1.70 bits per heavy atom. The van der Waals surface area contributed by atoms with Crippen molar-refractivity contribution >= 4 is 0 Å². The van der Waals surface area contributed by atoms with E-state index in [1.165, 1.54) is 18.2 Å². The molecule has 0 spiro atoms. The number of hydrogen-bond acceptors (Lipinski definition) is 1. The summed E-state index contributed by atoms with van der Waals surface area (Å²) in [5.74, 6) is -0.513. The van der Waals surface area contributed by atoms with E-state index in [1.54, 1.807) is 19.1 Å².